The second kappa shape index (κ2) is 5.05. The Bertz CT molecular complexity index is 693. The van der Waals surface area contributed by atoms with Gasteiger partial charge in [0.25, 0.3) is 5.85 Å². The first-order chi connectivity index (χ1) is 9.86. The highest BCUT2D eigenvalue weighted by atomic mass is 35.5. The third-order valence-corrected chi connectivity index (χ3v) is 4.19. The molecule has 3 rings (SSSR count). The van der Waals surface area contributed by atoms with E-state index >= 15 is 0 Å². The number of hydrogen-bond donors (Lipinski definition) is 3. The molecule has 1 aromatic carbocycles. The molecule has 0 saturated carbocycles. The van der Waals surface area contributed by atoms with Gasteiger partial charge in [-0.25, -0.2) is 9.37 Å². The Hall–Kier alpha value is -0.960. The van der Waals surface area contributed by atoms with Crippen molar-refractivity contribution in [3.63, 3.8) is 0 Å². The molecule has 4 atom stereocenters. The molecule has 2 heterocycles. The van der Waals surface area contributed by atoms with Gasteiger partial charge in [-0.15, -0.1) is 0 Å². The number of alkyl halides is 1. The molecule has 0 radical (unpaired) electrons. The molecule has 21 heavy (non-hydrogen) atoms. The zero-order valence-electron chi connectivity index (χ0n) is 10.4. The van der Waals surface area contributed by atoms with Crippen LogP contribution in [0, 0.1) is 0 Å². The number of aliphatic hydroxyl groups excluding tert-OH is 2. The van der Waals surface area contributed by atoms with Gasteiger partial charge in [0.2, 0.25) is 0 Å². The van der Waals surface area contributed by atoms with Crippen molar-refractivity contribution >= 4 is 34.2 Å². The van der Waals surface area contributed by atoms with E-state index in [0.29, 0.717) is 11.0 Å². The number of fused-ring (bicyclic) bond motifs is 1. The third-order valence-electron chi connectivity index (χ3n) is 3.47. The maximum Gasteiger partial charge on any atom is 0.281 e. The number of ether oxygens (including phenoxy) is 1. The zero-order valence-corrected chi connectivity index (χ0v) is 12.0. The Morgan fingerprint density at radius 2 is 2.05 bits per heavy atom. The summed E-state index contributed by atoms with van der Waals surface area (Å²) in [4.78, 5) is 4.02. The van der Waals surface area contributed by atoms with E-state index in [0.717, 1.165) is 0 Å². The summed E-state index contributed by atoms with van der Waals surface area (Å²) in [7, 11) is 0. The first-order valence-corrected chi connectivity index (χ1v) is 6.79. The summed E-state index contributed by atoms with van der Waals surface area (Å²) in [5.41, 5.74) is 0.794. The summed E-state index contributed by atoms with van der Waals surface area (Å²) < 4.78 is 20.7. The predicted octanol–water partition coefficient (Wildman–Crippen LogP) is 1.25. The van der Waals surface area contributed by atoms with E-state index in [1.165, 1.54) is 23.0 Å². The van der Waals surface area contributed by atoms with Crippen molar-refractivity contribution in [1.82, 2.24) is 9.55 Å². The van der Waals surface area contributed by atoms with E-state index in [2.05, 4.69) is 4.98 Å². The fourth-order valence-electron chi connectivity index (χ4n) is 2.36. The highest BCUT2D eigenvalue weighted by Crippen LogP contribution is 2.41. The van der Waals surface area contributed by atoms with Gasteiger partial charge in [0.1, 0.15) is 12.2 Å². The van der Waals surface area contributed by atoms with Crippen LogP contribution in [0.1, 0.15) is 6.23 Å². The van der Waals surface area contributed by atoms with Crippen LogP contribution in [0.25, 0.3) is 11.0 Å². The molecule has 1 aliphatic heterocycles. The maximum absolute atomic E-state index is 14.3. The van der Waals surface area contributed by atoms with Crippen molar-refractivity contribution in [2.45, 2.75) is 24.3 Å². The van der Waals surface area contributed by atoms with Crippen molar-refractivity contribution in [2.75, 3.05) is 6.61 Å². The van der Waals surface area contributed by atoms with Crippen LogP contribution in [0.15, 0.2) is 18.5 Å². The van der Waals surface area contributed by atoms with Gasteiger partial charge in [-0.2, -0.15) is 0 Å². The lowest BCUT2D eigenvalue weighted by molar-refractivity contribution is -0.194. The van der Waals surface area contributed by atoms with E-state index < -0.39 is 30.9 Å². The smallest absolute Gasteiger partial charge is 0.281 e. The average Bonchev–Trinajstić information content (AvgIpc) is 2.91. The van der Waals surface area contributed by atoms with Gasteiger partial charge in [-0.05, 0) is 12.1 Å². The Labute approximate surface area is 128 Å². The standard InChI is InChI=1S/C12H11Cl2FN2O4/c13-5-1-7-8(2-6(5)14)17(4-16-7)11-12(15,20)10(19)9(3-18)21-11/h1-2,4,9-11,18-20H,3H2/t9-,10-,11?,12-/m1/s1. The molecule has 0 amide bonds. The molecule has 1 saturated heterocycles. The van der Waals surface area contributed by atoms with E-state index in [-0.39, 0.29) is 10.0 Å². The summed E-state index contributed by atoms with van der Waals surface area (Å²) in [5, 5.41) is 29.0. The fourth-order valence-corrected chi connectivity index (χ4v) is 2.67. The van der Waals surface area contributed by atoms with Crippen molar-refractivity contribution in [2.24, 2.45) is 0 Å². The zero-order chi connectivity index (χ0) is 15.4. The van der Waals surface area contributed by atoms with Crippen molar-refractivity contribution < 1.29 is 24.4 Å². The highest BCUT2D eigenvalue weighted by molar-refractivity contribution is 6.42. The van der Waals surface area contributed by atoms with Crippen LogP contribution in [-0.4, -0.2) is 49.5 Å². The van der Waals surface area contributed by atoms with Gasteiger partial charge in [0, 0.05) is 0 Å². The number of benzene rings is 1. The number of aromatic nitrogens is 2. The van der Waals surface area contributed by atoms with Crippen LogP contribution in [0.5, 0.6) is 0 Å². The van der Waals surface area contributed by atoms with Crippen LogP contribution < -0.4 is 0 Å². The number of hydrogen-bond acceptors (Lipinski definition) is 5. The van der Waals surface area contributed by atoms with E-state index in [1.54, 1.807) is 0 Å². The minimum atomic E-state index is -3.08. The summed E-state index contributed by atoms with van der Waals surface area (Å²) in [6, 6.07) is 2.94. The highest BCUT2D eigenvalue weighted by Gasteiger charge is 2.57. The normalized spacial score (nSPS) is 33.0. The molecule has 1 aromatic heterocycles. The second-order valence-electron chi connectivity index (χ2n) is 4.79. The van der Waals surface area contributed by atoms with Crippen LogP contribution in [0.3, 0.4) is 0 Å². The number of aliphatic hydroxyl groups is 3. The van der Waals surface area contributed by atoms with Crippen molar-refractivity contribution in [1.29, 1.82) is 0 Å². The quantitative estimate of drug-likeness (QED) is 0.768. The van der Waals surface area contributed by atoms with E-state index in [9.17, 15) is 14.6 Å². The topological polar surface area (TPSA) is 87.7 Å². The van der Waals surface area contributed by atoms with Gasteiger partial charge >= 0.3 is 0 Å². The third kappa shape index (κ3) is 2.21. The summed E-state index contributed by atoms with van der Waals surface area (Å²) >= 11 is 11.8. The van der Waals surface area contributed by atoms with E-state index in [4.69, 9.17) is 33.0 Å². The molecule has 3 N–H and O–H groups in total. The second-order valence-corrected chi connectivity index (χ2v) is 5.60. The molecule has 9 heteroatoms. The molecule has 6 nitrogen and oxygen atoms in total. The predicted molar refractivity (Wildman–Crippen MR) is 72.8 cm³/mol. The van der Waals surface area contributed by atoms with Gasteiger partial charge < -0.3 is 20.1 Å². The minimum Gasteiger partial charge on any atom is -0.394 e. The van der Waals surface area contributed by atoms with Gasteiger partial charge in [0.05, 0.1) is 34.0 Å². The molecule has 0 aliphatic carbocycles. The summed E-state index contributed by atoms with van der Waals surface area (Å²) in [6.07, 6.45) is -3.45. The number of imidazole rings is 1. The number of nitrogens with zero attached hydrogens (tertiary/aromatic N) is 2. The molecule has 1 aliphatic rings. The maximum atomic E-state index is 14.3. The van der Waals surface area contributed by atoms with Crippen LogP contribution >= 0.6 is 23.2 Å². The van der Waals surface area contributed by atoms with Gasteiger partial charge in [-0.3, -0.25) is 4.57 Å². The SMILES string of the molecule is OC[C@H]1OC(n2cnc3cc(Cl)c(Cl)cc32)[C@@](O)(F)[C@@H]1O. The summed E-state index contributed by atoms with van der Waals surface area (Å²) in [5.74, 6) is -3.08. The lowest BCUT2D eigenvalue weighted by Gasteiger charge is -2.23. The Morgan fingerprint density at radius 3 is 2.67 bits per heavy atom. The molecule has 1 fully saturated rings. The van der Waals surface area contributed by atoms with Gasteiger partial charge in [0.15, 0.2) is 6.23 Å². The number of halogens is 3. The van der Waals surface area contributed by atoms with Crippen LogP contribution in [0.4, 0.5) is 4.39 Å². The molecular formula is C12H11Cl2FN2O4. The fraction of sp³-hybridized carbons (Fsp3) is 0.417. The average molecular weight is 337 g/mol. The lowest BCUT2D eigenvalue weighted by Crippen LogP contribution is -2.42. The first-order valence-electron chi connectivity index (χ1n) is 6.03. The Morgan fingerprint density at radius 1 is 1.38 bits per heavy atom. The molecular weight excluding hydrogens is 326 g/mol. The van der Waals surface area contributed by atoms with Crippen molar-refractivity contribution in [3.8, 4) is 0 Å². The number of rotatable bonds is 2. The molecule has 0 spiro atoms. The largest absolute Gasteiger partial charge is 0.394 e. The Balaban J connectivity index is 2.10. The lowest BCUT2D eigenvalue weighted by atomic mass is 10.1. The first kappa shape index (κ1) is 15.0. The van der Waals surface area contributed by atoms with Gasteiger partial charge in [-0.1, -0.05) is 23.2 Å². The summed E-state index contributed by atoms with van der Waals surface area (Å²) in [6.45, 7) is -0.636. The van der Waals surface area contributed by atoms with Crippen LogP contribution in [-0.2, 0) is 4.74 Å². The van der Waals surface area contributed by atoms with E-state index in [1.807, 2.05) is 0 Å². The Kier molecular flexibility index (Phi) is 3.59. The van der Waals surface area contributed by atoms with Crippen LogP contribution in [0.2, 0.25) is 10.0 Å². The monoisotopic (exact) mass is 336 g/mol. The molecule has 0 bridgehead atoms. The molecule has 1 unspecified atom stereocenters. The molecule has 114 valence electrons. The minimum absolute atomic E-state index is 0.227. The molecule has 2 aromatic rings. The van der Waals surface area contributed by atoms with Crippen molar-refractivity contribution in [3.05, 3.63) is 28.5 Å².